The van der Waals surface area contributed by atoms with Crippen LogP contribution >= 0.6 is 0 Å². The van der Waals surface area contributed by atoms with Crippen LogP contribution in [0.1, 0.15) is 122 Å². The molecule has 9 aromatic carbocycles. The van der Waals surface area contributed by atoms with Gasteiger partial charge in [0.25, 0.3) is 0 Å². The van der Waals surface area contributed by atoms with E-state index in [0.717, 1.165) is 95.6 Å². The molecular weight excluding hydrogens is 1610 g/mol. The highest BCUT2D eigenvalue weighted by molar-refractivity contribution is 6.11. The summed E-state index contributed by atoms with van der Waals surface area (Å²) in [6.45, 7) is 21.7. The first-order chi connectivity index (χ1) is 68.8. The van der Waals surface area contributed by atoms with Gasteiger partial charge in [0.1, 0.15) is 54.3 Å². The molecule has 0 amide bonds. The van der Waals surface area contributed by atoms with E-state index in [1.54, 1.807) is 37.1 Å². The minimum Gasteiger partial charge on any atom is -0.454 e. The maximum atomic E-state index is 7.80. The van der Waals surface area contributed by atoms with Crippen LogP contribution in [0.15, 0.2) is 308 Å². The van der Waals surface area contributed by atoms with Gasteiger partial charge in [-0.1, -0.05) is 152 Å². The summed E-state index contributed by atoms with van der Waals surface area (Å²) in [4.78, 5) is 47.6. The Kier molecular flexibility index (Phi) is 20.8. The van der Waals surface area contributed by atoms with Gasteiger partial charge in [-0.25, -0.2) is 24.9 Å². The van der Waals surface area contributed by atoms with Crippen molar-refractivity contribution in [2.75, 3.05) is 95.8 Å². The van der Waals surface area contributed by atoms with E-state index in [-0.39, 0.29) is 37.0 Å². The number of pyridine rings is 3. The normalized spacial score (nSPS) is 20.6. The van der Waals surface area contributed by atoms with Gasteiger partial charge < -0.3 is 77.4 Å². The van der Waals surface area contributed by atoms with Gasteiger partial charge in [-0.15, -0.1) is 0 Å². The molecule has 15 aromatic rings. The number of nitrogens with zero attached hydrogens (tertiary/aromatic N) is 19. The summed E-state index contributed by atoms with van der Waals surface area (Å²) < 4.78 is 128. The number of anilines is 15. The Bertz CT molecular complexity index is 6800. The summed E-state index contributed by atoms with van der Waals surface area (Å²) >= 11 is 0. The largest absolute Gasteiger partial charge is 0.454 e. The number of hydrogen-bond donors (Lipinski definition) is 0. The van der Waals surface area contributed by atoms with Gasteiger partial charge in [0.05, 0.1) is 28.4 Å². The molecule has 7 atom stereocenters. The summed E-state index contributed by atoms with van der Waals surface area (Å²) in [5.41, 5.74) is 21.4. The van der Waals surface area contributed by atoms with Crippen molar-refractivity contribution < 1.29 is 29.4 Å². The van der Waals surface area contributed by atoms with E-state index in [4.69, 9.17) is 29.4 Å². The van der Waals surface area contributed by atoms with E-state index < -0.39 is 34.9 Å². The van der Waals surface area contributed by atoms with E-state index in [2.05, 4.69) is 166 Å². The SMILES string of the molecule is Cc1ccc2c(oc3ccccc32)c1N1C=CN(C(C)C)C1C.Cc1ccc2c(oc3ccccc32)c1N1C=CN(C)C1C.[2H]C([2H])([2H])N1C=CN(c2ccccc2C)C1C.[2H]C([2H])([2H])N1c2cccnc2N(c2ccccc2C)C1C.[2H]C([2H])([2H])N1c2ncccc2N(c2ccccc2C)C1C.[2H]C([2H])([2H])N1c2ncccc2N(c2ccccc2C)C1C.[2H]C([2H])([2H])N1c2nccnc2N(c2ccccc2C)C1C. The zero-order valence-corrected chi connectivity index (χ0v) is 76.7. The second kappa shape index (κ2) is 37.8. The molecule has 130 heavy (non-hydrogen) atoms. The molecule has 21 heteroatoms. The molecule has 0 saturated carbocycles. The molecule has 6 aromatic heterocycles. The van der Waals surface area contributed by atoms with Crippen molar-refractivity contribution in [2.45, 2.75) is 160 Å². The third kappa shape index (κ3) is 16.9. The molecule has 0 spiro atoms. The predicted octanol–water partition coefficient (Wildman–Crippen LogP) is 25.0. The van der Waals surface area contributed by atoms with Crippen LogP contribution in [-0.2, 0) is 0 Å². The average Bonchev–Trinajstić information content (AvgIpc) is 1.76. The van der Waals surface area contributed by atoms with E-state index in [1.165, 1.54) is 69.1 Å². The Labute approximate surface area is 788 Å². The number of fused-ring (bicyclic) bond motifs is 10. The number of furan rings is 2. The van der Waals surface area contributed by atoms with Crippen molar-refractivity contribution in [1.82, 2.24) is 39.6 Å². The van der Waals surface area contributed by atoms with E-state index in [9.17, 15) is 0 Å². The van der Waals surface area contributed by atoms with Gasteiger partial charge >= 0.3 is 0 Å². The number of benzene rings is 9. The monoisotopic (exact) mass is 1750 g/mol. The smallest absolute Gasteiger partial charge is 0.178 e. The molecule has 7 aliphatic rings. The summed E-state index contributed by atoms with van der Waals surface area (Å²) in [6, 6.07) is 76.4. The highest BCUT2D eigenvalue weighted by Gasteiger charge is 2.39. The van der Waals surface area contributed by atoms with Crippen molar-refractivity contribution in [3.05, 3.63) is 338 Å². The maximum absolute atomic E-state index is 7.80. The first kappa shape index (κ1) is 71.6. The fourth-order valence-corrected chi connectivity index (χ4v) is 17.9. The molecule has 13 heterocycles. The third-order valence-electron chi connectivity index (χ3n) is 25.2. The van der Waals surface area contributed by atoms with Gasteiger partial charge in [-0.3, -0.25) is 0 Å². The van der Waals surface area contributed by atoms with Gasteiger partial charge in [-0.05, 0) is 229 Å². The maximum Gasteiger partial charge on any atom is 0.178 e. The molecule has 21 nitrogen and oxygen atoms in total. The lowest BCUT2D eigenvalue weighted by Gasteiger charge is -2.33. The highest BCUT2D eigenvalue weighted by atomic mass is 16.3. The van der Waals surface area contributed by atoms with Crippen molar-refractivity contribution in [2.24, 2.45) is 0 Å². The second-order valence-corrected chi connectivity index (χ2v) is 33.7. The topological polar surface area (TPSA) is 136 Å². The first-order valence-corrected chi connectivity index (χ1v) is 44.1. The van der Waals surface area contributed by atoms with E-state index >= 15 is 0 Å². The quantitative estimate of drug-likeness (QED) is 0.143. The van der Waals surface area contributed by atoms with Crippen LogP contribution in [0.25, 0.3) is 43.9 Å². The fraction of sp³-hybridized carbons (Fsp3) is 0.275. The van der Waals surface area contributed by atoms with Crippen LogP contribution in [-0.4, -0.2) is 131 Å². The van der Waals surface area contributed by atoms with Crippen LogP contribution in [0, 0.1) is 48.5 Å². The Morgan fingerprint density at radius 2 is 0.615 bits per heavy atom. The lowest BCUT2D eigenvalue weighted by Crippen LogP contribution is -2.39. The highest BCUT2D eigenvalue weighted by Crippen LogP contribution is 2.49. The van der Waals surface area contributed by atoms with Crippen molar-refractivity contribution in [3.8, 4) is 0 Å². The minimum atomic E-state index is -2.26. The van der Waals surface area contributed by atoms with Crippen LogP contribution in [0.5, 0.6) is 0 Å². The number of para-hydroxylation sites is 7. The Balaban J connectivity index is 0.000000121. The molecular formula is C109H123N19O2. The average molecular weight is 1750 g/mol. The van der Waals surface area contributed by atoms with Gasteiger partial charge in [0.2, 0.25) is 0 Å². The van der Waals surface area contributed by atoms with E-state index in [0.29, 0.717) is 47.0 Å². The van der Waals surface area contributed by atoms with Crippen LogP contribution in [0.3, 0.4) is 0 Å². The molecule has 0 radical (unpaired) electrons. The molecule has 7 unspecified atom stereocenters. The number of aromatic nitrogens is 5. The summed E-state index contributed by atoms with van der Waals surface area (Å²) in [6.07, 6.45) is 19.1. The van der Waals surface area contributed by atoms with Gasteiger partial charge in [0.15, 0.2) is 40.3 Å². The van der Waals surface area contributed by atoms with Crippen LogP contribution in [0.4, 0.5) is 86.0 Å². The van der Waals surface area contributed by atoms with Crippen molar-refractivity contribution in [1.29, 1.82) is 0 Å². The number of rotatable bonds is 8. The minimum absolute atomic E-state index is 0.191. The van der Waals surface area contributed by atoms with Gasteiger partial charge in [-0.2, -0.15) is 0 Å². The molecule has 0 saturated heterocycles. The molecule has 0 fully saturated rings. The predicted molar refractivity (Wildman–Crippen MR) is 543 cm³/mol. The second-order valence-electron chi connectivity index (χ2n) is 33.7. The Morgan fingerprint density at radius 1 is 0.269 bits per heavy atom. The first-order valence-electron chi connectivity index (χ1n) is 51.6. The van der Waals surface area contributed by atoms with Crippen molar-refractivity contribution in [3.63, 3.8) is 0 Å². The summed E-state index contributed by atoms with van der Waals surface area (Å²) in [5, 5.41) is 4.73. The number of aryl methyl sites for hydroxylation is 7. The van der Waals surface area contributed by atoms with Gasteiger partial charge in [0, 0.05) is 187 Å². The molecule has 0 N–H and O–H groups in total. The Hall–Kier alpha value is -14.5. The van der Waals surface area contributed by atoms with Crippen LogP contribution < -0.4 is 53.9 Å². The van der Waals surface area contributed by atoms with E-state index in [1.807, 2.05) is 276 Å². The van der Waals surface area contributed by atoms with Crippen LogP contribution in [0.2, 0.25) is 0 Å². The molecule has 0 aliphatic carbocycles. The molecule has 7 aliphatic heterocycles. The molecule has 666 valence electrons. The zero-order chi connectivity index (χ0) is 104. The summed E-state index contributed by atoms with van der Waals surface area (Å²) in [7, 11) is 2.09. The van der Waals surface area contributed by atoms with Crippen molar-refractivity contribution >= 4 is 130 Å². The fourth-order valence-electron chi connectivity index (χ4n) is 17.9. The lowest BCUT2D eigenvalue weighted by atomic mass is 10.1. The zero-order valence-electron chi connectivity index (χ0n) is 91.7. The standard InChI is InChI=1S/C20H22N2O.C18H18N2O.3C15H17N3.C14H16N4.C12H16N2/c1-13(2)21-11-12-22(15(21)4)19-14(3)9-10-17-16-7-5-6-8-18(16)23-20(17)19;1-12-8-9-15-14-6-4-5-7-16(14)21-18(15)17(12)20-11-10-19(3)13(20)2;2*1-11-7-4-5-8-13(11)18-12(2)17(3)15-14(18)9-6-10-16-15;1-11-7-4-5-8-13(11)18-12(2)17(3)14-9-6-10-16-15(14)18;1-10-6-4-5-7-12(10)18-11(2)17(3)13-14(18)16-9-8-15-13;1-10-6-4-5-7-12(10)14-9-8-13(3)11(14)2/h5-13,15H,1-4H3;4-11,13H,1-3H3;3*4-10,12H,1-3H3;4-9,11H,1-3H3;4-9,11H,1-3H3/i;;5*3D3. The number of hydrogen-bond acceptors (Lipinski definition) is 21. The lowest BCUT2D eigenvalue weighted by molar-refractivity contribution is 0.263. The summed E-state index contributed by atoms with van der Waals surface area (Å²) in [5.74, 6) is 2.68. The third-order valence-corrected chi connectivity index (χ3v) is 25.2. The Morgan fingerprint density at radius 3 is 1.05 bits per heavy atom. The molecule has 0 bridgehead atoms. The molecule has 22 rings (SSSR count).